The van der Waals surface area contributed by atoms with Crippen LogP contribution in [0.4, 0.5) is 0 Å². The number of hydrogen-bond acceptors (Lipinski definition) is 1. The maximum Gasteiger partial charge on any atom is 0.244 e. The van der Waals surface area contributed by atoms with Gasteiger partial charge in [-0.05, 0) is 80.7 Å². The Balaban J connectivity index is 1.80. The fourth-order valence-electron chi connectivity index (χ4n) is 2.34. The summed E-state index contributed by atoms with van der Waals surface area (Å²) in [4.78, 5) is 11.7. The van der Waals surface area contributed by atoms with Gasteiger partial charge in [0.1, 0.15) is 0 Å². The first-order valence-electron chi connectivity index (χ1n) is 7.98. The number of amides is 1. The fraction of sp³-hybridized carbons (Fsp3) is 0.421. The molecule has 23 heavy (non-hydrogen) atoms. The fourth-order valence-corrected chi connectivity index (χ4v) is 2.99. The first-order chi connectivity index (χ1) is 10.9. The van der Waals surface area contributed by atoms with E-state index in [0.717, 1.165) is 8.95 Å². The Bertz CT molecular complexity index is 622. The Hall–Kier alpha value is -0.870. The van der Waals surface area contributed by atoms with Crippen molar-refractivity contribution in [2.45, 2.75) is 39.2 Å². The average Bonchev–Trinajstić information content (AvgIpc) is 3.26. The molecule has 4 heteroatoms. The molecule has 1 aliphatic rings. The Morgan fingerprint density at radius 1 is 1.22 bits per heavy atom. The lowest BCUT2D eigenvalue weighted by atomic mass is 10.1. The largest absolute Gasteiger partial charge is 0.350 e. The van der Waals surface area contributed by atoms with Crippen molar-refractivity contribution in [3.05, 3.63) is 57.0 Å². The number of nitrogens with one attached hydrogen (secondary N) is 1. The van der Waals surface area contributed by atoms with Crippen LogP contribution in [0.1, 0.15) is 38.7 Å². The molecule has 3 atom stereocenters. The summed E-state index contributed by atoms with van der Waals surface area (Å²) in [6.45, 7) is 6.22. The van der Waals surface area contributed by atoms with Crippen molar-refractivity contribution >= 4 is 37.8 Å². The molecule has 0 aliphatic heterocycles. The summed E-state index contributed by atoms with van der Waals surface area (Å²) in [5.41, 5.74) is 1.36. The highest BCUT2D eigenvalue weighted by Crippen LogP contribution is 2.49. The molecular formula is C19H23Br2NO. The molecule has 1 aliphatic carbocycles. The minimum absolute atomic E-state index is 0.0277. The molecular weight excluding hydrogens is 418 g/mol. The molecule has 1 aromatic carbocycles. The first kappa shape index (κ1) is 18.5. The van der Waals surface area contributed by atoms with Crippen LogP contribution in [0.2, 0.25) is 0 Å². The molecule has 1 N–H and O–H groups in total. The number of carbonyl (C=O) groups is 1. The predicted molar refractivity (Wildman–Crippen MR) is 103 cm³/mol. The number of halogens is 2. The SMILES string of the molecule is CC(C)C(C)NC(=O)/C=C/C=C/[C@@H]1C[C@H]1c1ccc(Br)c(Br)c1. The van der Waals surface area contributed by atoms with E-state index < -0.39 is 0 Å². The molecule has 0 bridgehead atoms. The highest BCUT2D eigenvalue weighted by molar-refractivity contribution is 9.13. The highest BCUT2D eigenvalue weighted by atomic mass is 79.9. The molecule has 2 rings (SSSR count). The third-order valence-corrected chi connectivity index (χ3v) is 6.18. The maximum absolute atomic E-state index is 11.7. The van der Waals surface area contributed by atoms with Gasteiger partial charge in [-0.1, -0.05) is 38.1 Å². The molecule has 1 fully saturated rings. The monoisotopic (exact) mass is 439 g/mol. The standard InChI is InChI=1S/C19H23Br2NO/c1-12(2)13(3)22-19(23)7-5-4-6-14-10-16(14)15-8-9-17(20)18(21)11-15/h4-9,11-14,16H,10H2,1-3H3,(H,22,23)/b6-4+,7-5+/t13?,14-,16-/m1/s1. The third-order valence-electron chi connectivity index (χ3n) is 4.30. The zero-order valence-electron chi connectivity index (χ0n) is 13.7. The minimum Gasteiger partial charge on any atom is -0.350 e. The van der Waals surface area contributed by atoms with Crippen molar-refractivity contribution < 1.29 is 4.79 Å². The number of carbonyl (C=O) groups excluding carboxylic acids is 1. The van der Waals surface area contributed by atoms with Gasteiger partial charge in [0.2, 0.25) is 5.91 Å². The van der Waals surface area contributed by atoms with Crippen molar-refractivity contribution in [3.8, 4) is 0 Å². The summed E-state index contributed by atoms with van der Waals surface area (Å²) in [5.74, 6) is 1.59. The quantitative estimate of drug-likeness (QED) is 0.453. The van der Waals surface area contributed by atoms with E-state index in [4.69, 9.17) is 0 Å². The van der Waals surface area contributed by atoms with E-state index in [1.807, 2.05) is 19.1 Å². The van der Waals surface area contributed by atoms with E-state index in [1.165, 1.54) is 12.0 Å². The summed E-state index contributed by atoms with van der Waals surface area (Å²) in [6, 6.07) is 6.63. The summed E-state index contributed by atoms with van der Waals surface area (Å²) in [6.07, 6.45) is 8.78. The van der Waals surface area contributed by atoms with Gasteiger partial charge < -0.3 is 5.32 Å². The minimum atomic E-state index is -0.0277. The van der Waals surface area contributed by atoms with E-state index in [0.29, 0.717) is 17.8 Å². The van der Waals surface area contributed by atoms with Gasteiger partial charge in [0.05, 0.1) is 0 Å². The Kier molecular flexibility index (Phi) is 6.66. The molecule has 124 valence electrons. The molecule has 0 saturated heterocycles. The normalized spacial score (nSPS) is 22.0. The molecule has 1 amide bonds. The van der Waals surface area contributed by atoms with Crippen molar-refractivity contribution in [2.75, 3.05) is 0 Å². The Labute approximate surface area is 155 Å². The van der Waals surface area contributed by atoms with Crippen LogP contribution in [0.5, 0.6) is 0 Å². The number of benzene rings is 1. The smallest absolute Gasteiger partial charge is 0.244 e. The molecule has 2 nitrogen and oxygen atoms in total. The molecule has 1 saturated carbocycles. The van der Waals surface area contributed by atoms with E-state index in [2.05, 4.69) is 75.3 Å². The van der Waals surface area contributed by atoms with Gasteiger partial charge in [-0.15, -0.1) is 0 Å². The highest BCUT2D eigenvalue weighted by Gasteiger charge is 2.36. The van der Waals surface area contributed by atoms with Crippen LogP contribution in [0.15, 0.2) is 51.4 Å². The molecule has 1 aromatic rings. The number of hydrogen-bond donors (Lipinski definition) is 1. The maximum atomic E-state index is 11.7. The van der Waals surface area contributed by atoms with Gasteiger partial charge in [-0.2, -0.15) is 0 Å². The van der Waals surface area contributed by atoms with Crippen LogP contribution in [-0.2, 0) is 4.79 Å². The molecule has 0 aromatic heterocycles. The van der Waals surface area contributed by atoms with E-state index >= 15 is 0 Å². The lowest BCUT2D eigenvalue weighted by Crippen LogP contribution is -2.34. The van der Waals surface area contributed by atoms with Crippen molar-refractivity contribution in [1.29, 1.82) is 0 Å². The van der Waals surface area contributed by atoms with Crippen LogP contribution >= 0.6 is 31.9 Å². The van der Waals surface area contributed by atoms with Crippen molar-refractivity contribution in [1.82, 2.24) is 5.32 Å². The lowest BCUT2D eigenvalue weighted by molar-refractivity contribution is -0.117. The number of allylic oxidation sites excluding steroid dienone is 3. The zero-order valence-corrected chi connectivity index (χ0v) is 16.9. The molecule has 0 heterocycles. The van der Waals surface area contributed by atoms with Gasteiger partial charge in [0, 0.05) is 21.1 Å². The van der Waals surface area contributed by atoms with Gasteiger partial charge in [-0.3, -0.25) is 4.79 Å². The summed E-state index contributed by atoms with van der Waals surface area (Å²) >= 11 is 7.05. The Morgan fingerprint density at radius 2 is 1.96 bits per heavy atom. The number of rotatable bonds is 6. The van der Waals surface area contributed by atoms with Crippen molar-refractivity contribution in [3.63, 3.8) is 0 Å². The average molecular weight is 441 g/mol. The summed E-state index contributed by atoms with van der Waals surface area (Å²) < 4.78 is 2.18. The molecule has 1 unspecified atom stereocenters. The predicted octanol–water partition coefficient (Wildman–Crippen LogP) is 5.59. The topological polar surface area (TPSA) is 29.1 Å². The summed E-state index contributed by atoms with van der Waals surface area (Å²) in [7, 11) is 0. The van der Waals surface area contributed by atoms with Crippen LogP contribution < -0.4 is 5.32 Å². The molecule has 0 radical (unpaired) electrons. The molecule has 0 spiro atoms. The third kappa shape index (κ3) is 5.61. The van der Waals surface area contributed by atoms with Crippen LogP contribution in [0.3, 0.4) is 0 Å². The van der Waals surface area contributed by atoms with Crippen LogP contribution in [0.25, 0.3) is 0 Å². The zero-order chi connectivity index (χ0) is 17.0. The van der Waals surface area contributed by atoms with Gasteiger partial charge in [0.15, 0.2) is 0 Å². The lowest BCUT2D eigenvalue weighted by Gasteiger charge is -2.15. The Morgan fingerprint density at radius 3 is 2.61 bits per heavy atom. The van der Waals surface area contributed by atoms with E-state index in [1.54, 1.807) is 6.08 Å². The second-order valence-electron chi connectivity index (χ2n) is 6.46. The van der Waals surface area contributed by atoms with Gasteiger partial charge in [-0.25, -0.2) is 0 Å². The van der Waals surface area contributed by atoms with E-state index in [-0.39, 0.29) is 11.9 Å². The second-order valence-corrected chi connectivity index (χ2v) is 8.17. The first-order valence-corrected chi connectivity index (χ1v) is 9.57. The second kappa shape index (κ2) is 8.29. The van der Waals surface area contributed by atoms with Crippen LogP contribution in [0, 0.1) is 11.8 Å². The van der Waals surface area contributed by atoms with Gasteiger partial charge in [0.25, 0.3) is 0 Å². The van der Waals surface area contributed by atoms with Crippen LogP contribution in [-0.4, -0.2) is 11.9 Å². The van der Waals surface area contributed by atoms with Crippen molar-refractivity contribution in [2.24, 2.45) is 11.8 Å². The van der Waals surface area contributed by atoms with E-state index in [9.17, 15) is 4.79 Å². The van der Waals surface area contributed by atoms with Gasteiger partial charge >= 0.3 is 0 Å². The summed E-state index contributed by atoms with van der Waals surface area (Å²) in [5, 5.41) is 2.96.